The molecule has 0 bridgehead atoms. The Balaban J connectivity index is 1.64. The summed E-state index contributed by atoms with van der Waals surface area (Å²) < 4.78 is 21.3. The van der Waals surface area contributed by atoms with E-state index in [9.17, 15) is 9.90 Å². The minimum absolute atomic E-state index is 0.00921. The van der Waals surface area contributed by atoms with Gasteiger partial charge in [0.15, 0.2) is 6.10 Å². The van der Waals surface area contributed by atoms with Crippen LogP contribution in [0.4, 0.5) is 0 Å². The van der Waals surface area contributed by atoms with Crippen LogP contribution in [-0.2, 0) is 25.6 Å². The van der Waals surface area contributed by atoms with Crippen LogP contribution in [0.15, 0.2) is 24.3 Å². The maximum Gasteiger partial charge on any atom is 0.337 e. The van der Waals surface area contributed by atoms with Gasteiger partial charge in [-0.25, -0.2) is 4.79 Å². The van der Waals surface area contributed by atoms with Crippen LogP contribution in [0.5, 0.6) is 5.75 Å². The number of carbonyl (C=O) groups excluding carboxylic acids is 1. The van der Waals surface area contributed by atoms with Crippen LogP contribution in [-0.4, -0.2) is 49.7 Å². The highest BCUT2D eigenvalue weighted by molar-refractivity contribution is 5.75. The average Bonchev–Trinajstić information content (AvgIpc) is 3.07. The molecule has 1 aliphatic heterocycles. The quantitative estimate of drug-likeness (QED) is 0.549. The van der Waals surface area contributed by atoms with Crippen molar-refractivity contribution in [2.45, 2.75) is 51.1 Å². The van der Waals surface area contributed by atoms with E-state index in [2.05, 4.69) is 0 Å². The Kier molecular flexibility index (Phi) is 7.49. The van der Waals surface area contributed by atoms with Gasteiger partial charge in [0.05, 0.1) is 32.5 Å². The standard InChI is InChI=1S/C18H26O6/c1-3-23-18(20)17(19)16-9-8-15(24-16)10-11-22-12-13-4-6-14(21-2)7-5-13/h4-7,15-17,19H,3,8-12H2,1-2H3/t15-,16-,17+/m0/s1. The van der Waals surface area contributed by atoms with Crippen molar-refractivity contribution in [3.63, 3.8) is 0 Å². The third-order valence-corrected chi connectivity index (χ3v) is 4.03. The third kappa shape index (κ3) is 5.47. The van der Waals surface area contributed by atoms with Crippen molar-refractivity contribution in [2.24, 2.45) is 0 Å². The van der Waals surface area contributed by atoms with Crippen LogP contribution in [0.25, 0.3) is 0 Å². The number of methoxy groups -OCH3 is 1. The molecule has 0 amide bonds. The summed E-state index contributed by atoms with van der Waals surface area (Å²) in [6.07, 6.45) is 0.541. The Labute approximate surface area is 142 Å². The van der Waals surface area contributed by atoms with Crippen LogP contribution in [0, 0.1) is 0 Å². The molecule has 6 nitrogen and oxygen atoms in total. The van der Waals surface area contributed by atoms with E-state index >= 15 is 0 Å². The highest BCUT2D eigenvalue weighted by atomic mass is 16.6. The topological polar surface area (TPSA) is 74.2 Å². The Bertz CT molecular complexity index is 501. The first kappa shape index (κ1) is 18.7. The molecular weight excluding hydrogens is 312 g/mol. The number of ether oxygens (including phenoxy) is 4. The zero-order valence-corrected chi connectivity index (χ0v) is 14.3. The van der Waals surface area contributed by atoms with E-state index in [-0.39, 0.29) is 12.7 Å². The van der Waals surface area contributed by atoms with Gasteiger partial charge >= 0.3 is 5.97 Å². The van der Waals surface area contributed by atoms with Crippen LogP contribution in [0.2, 0.25) is 0 Å². The Morgan fingerprint density at radius 2 is 2.08 bits per heavy atom. The molecule has 1 fully saturated rings. The summed E-state index contributed by atoms with van der Waals surface area (Å²) in [6, 6.07) is 7.74. The lowest BCUT2D eigenvalue weighted by Gasteiger charge is -2.18. The molecule has 1 aliphatic rings. The van der Waals surface area contributed by atoms with Gasteiger partial charge in [-0.3, -0.25) is 0 Å². The van der Waals surface area contributed by atoms with Crippen molar-refractivity contribution in [3.05, 3.63) is 29.8 Å². The first-order chi connectivity index (χ1) is 11.6. The largest absolute Gasteiger partial charge is 0.497 e. The first-order valence-electron chi connectivity index (χ1n) is 8.35. The summed E-state index contributed by atoms with van der Waals surface area (Å²) in [4.78, 5) is 11.5. The van der Waals surface area contributed by atoms with E-state index in [0.717, 1.165) is 24.2 Å². The molecule has 134 valence electrons. The molecule has 0 aliphatic carbocycles. The van der Waals surface area contributed by atoms with E-state index in [1.165, 1.54) is 0 Å². The molecule has 2 rings (SSSR count). The number of hydrogen-bond donors (Lipinski definition) is 1. The van der Waals surface area contributed by atoms with Crippen LogP contribution in [0.1, 0.15) is 31.7 Å². The number of aliphatic hydroxyl groups is 1. The number of carbonyl (C=O) groups is 1. The van der Waals surface area contributed by atoms with E-state index in [4.69, 9.17) is 18.9 Å². The SMILES string of the molecule is CCOC(=O)[C@H](O)[C@@H]1CC[C@@H](CCOCc2ccc(OC)cc2)O1. The van der Waals surface area contributed by atoms with Crippen molar-refractivity contribution in [1.29, 1.82) is 0 Å². The monoisotopic (exact) mass is 338 g/mol. The fraction of sp³-hybridized carbons (Fsp3) is 0.611. The molecular formula is C18H26O6. The summed E-state index contributed by atoms with van der Waals surface area (Å²) in [6.45, 7) is 3.07. The van der Waals surface area contributed by atoms with Crippen LogP contribution in [0.3, 0.4) is 0 Å². The zero-order valence-electron chi connectivity index (χ0n) is 14.3. The minimum atomic E-state index is -1.20. The number of aliphatic hydroxyl groups excluding tert-OH is 1. The van der Waals surface area contributed by atoms with Crippen molar-refractivity contribution < 1.29 is 28.8 Å². The molecule has 0 radical (unpaired) electrons. The average molecular weight is 338 g/mol. The fourth-order valence-electron chi connectivity index (χ4n) is 2.68. The molecule has 24 heavy (non-hydrogen) atoms. The number of esters is 1. The summed E-state index contributed by atoms with van der Waals surface area (Å²) in [7, 11) is 1.64. The molecule has 6 heteroatoms. The van der Waals surface area contributed by atoms with E-state index in [0.29, 0.717) is 19.6 Å². The van der Waals surface area contributed by atoms with Gasteiger partial charge in [-0.2, -0.15) is 0 Å². The maximum absolute atomic E-state index is 11.5. The van der Waals surface area contributed by atoms with Gasteiger partial charge < -0.3 is 24.1 Å². The van der Waals surface area contributed by atoms with Crippen LogP contribution >= 0.6 is 0 Å². The van der Waals surface area contributed by atoms with E-state index < -0.39 is 18.2 Å². The predicted molar refractivity (Wildman–Crippen MR) is 87.8 cm³/mol. The van der Waals surface area contributed by atoms with Gasteiger partial charge in [-0.15, -0.1) is 0 Å². The summed E-state index contributed by atoms with van der Waals surface area (Å²) in [5.74, 6) is 0.211. The van der Waals surface area contributed by atoms with Gasteiger partial charge in [0, 0.05) is 6.61 Å². The molecule has 1 aromatic carbocycles. The van der Waals surface area contributed by atoms with Crippen molar-refractivity contribution >= 4 is 5.97 Å². The number of rotatable bonds is 9. The van der Waals surface area contributed by atoms with Crippen molar-refractivity contribution in [3.8, 4) is 5.75 Å². The smallest absolute Gasteiger partial charge is 0.337 e. The first-order valence-corrected chi connectivity index (χ1v) is 8.35. The second-order valence-corrected chi connectivity index (χ2v) is 5.76. The molecule has 0 spiro atoms. The lowest BCUT2D eigenvalue weighted by atomic mass is 10.1. The normalized spacial score (nSPS) is 21.5. The van der Waals surface area contributed by atoms with Gasteiger partial charge in [-0.05, 0) is 43.9 Å². The lowest BCUT2D eigenvalue weighted by Crippen LogP contribution is -2.35. The molecule has 1 aromatic rings. The Morgan fingerprint density at radius 1 is 1.33 bits per heavy atom. The third-order valence-electron chi connectivity index (χ3n) is 4.03. The second kappa shape index (κ2) is 9.61. The molecule has 1 saturated heterocycles. The van der Waals surface area contributed by atoms with Crippen molar-refractivity contribution in [1.82, 2.24) is 0 Å². The highest BCUT2D eigenvalue weighted by Gasteiger charge is 2.35. The molecule has 3 atom stereocenters. The maximum atomic E-state index is 11.5. The zero-order chi connectivity index (χ0) is 17.4. The van der Waals surface area contributed by atoms with Gasteiger partial charge in [0.2, 0.25) is 0 Å². The van der Waals surface area contributed by atoms with Gasteiger partial charge in [0.25, 0.3) is 0 Å². The second-order valence-electron chi connectivity index (χ2n) is 5.76. The Morgan fingerprint density at radius 3 is 2.75 bits per heavy atom. The van der Waals surface area contributed by atoms with Gasteiger partial charge in [-0.1, -0.05) is 12.1 Å². The van der Waals surface area contributed by atoms with Crippen LogP contribution < -0.4 is 4.74 Å². The number of benzene rings is 1. The summed E-state index contributed by atoms with van der Waals surface area (Å²) >= 11 is 0. The molecule has 0 unspecified atom stereocenters. The minimum Gasteiger partial charge on any atom is -0.497 e. The molecule has 0 saturated carbocycles. The van der Waals surface area contributed by atoms with Gasteiger partial charge in [0.1, 0.15) is 5.75 Å². The Hall–Kier alpha value is -1.63. The van der Waals surface area contributed by atoms with Crippen molar-refractivity contribution in [2.75, 3.05) is 20.3 Å². The van der Waals surface area contributed by atoms with E-state index in [1.807, 2.05) is 24.3 Å². The molecule has 0 aromatic heterocycles. The molecule has 1 N–H and O–H groups in total. The summed E-state index contributed by atoms with van der Waals surface area (Å²) in [5.41, 5.74) is 1.08. The summed E-state index contributed by atoms with van der Waals surface area (Å²) in [5, 5.41) is 9.89. The van der Waals surface area contributed by atoms with E-state index in [1.54, 1.807) is 14.0 Å². The molecule has 1 heterocycles. The highest BCUT2D eigenvalue weighted by Crippen LogP contribution is 2.25. The number of hydrogen-bond acceptors (Lipinski definition) is 6. The predicted octanol–water partition coefficient (Wildman–Crippen LogP) is 2.07. The fourth-order valence-corrected chi connectivity index (χ4v) is 2.68. The lowest BCUT2D eigenvalue weighted by molar-refractivity contribution is -0.161.